The van der Waals surface area contributed by atoms with E-state index in [0.717, 1.165) is 22.5 Å². The van der Waals surface area contributed by atoms with E-state index in [1.165, 1.54) is 35.1 Å². The summed E-state index contributed by atoms with van der Waals surface area (Å²) in [4.78, 5) is 9.16. The maximum Gasteiger partial charge on any atom is 0.0201 e. The first-order valence-corrected chi connectivity index (χ1v) is 15.1. The van der Waals surface area contributed by atoms with Crippen molar-refractivity contribution in [1.29, 1.82) is 0 Å². The van der Waals surface area contributed by atoms with Crippen LogP contribution in [0.4, 0.5) is 0 Å². The zero-order valence-electron chi connectivity index (χ0n) is 27.1. The van der Waals surface area contributed by atoms with E-state index in [2.05, 4.69) is 111 Å². The molecule has 2 nitrogen and oxygen atoms in total. The van der Waals surface area contributed by atoms with Gasteiger partial charge in [-0.05, 0) is 68.5 Å². The minimum atomic E-state index is 0. The van der Waals surface area contributed by atoms with Crippen LogP contribution in [0.25, 0.3) is 22.5 Å². The van der Waals surface area contributed by atoms with Crippen LogP contribution in [0.3, 0.4) is 0 Å². The summed E-state index contributed by atoms with van der Waals surface area (Å²) in [6, 6.07) is 27.4. The smallest absolute Gasteiger partial charge is 0.0201 e. The molecule has 6 rings (SSSR count). The van der Waals surface area contributed by atoms with E-state index in [4.69, 9.17) is 4.98 Å². The Bertz CT molecular complexity index is 1510. The number of aromatic nitrogens is 2. The van der Waals surface area contributed by atoms with E-state index in [9.17, 15) is 0 Å². The Labute approximate surface area is 268 Å². The van der Waals surface area contributed by atoms with Crippen LogP contribution in [-0.2, 0) is 41.8 Å². The van der Waals surface area contributed by atoms with Gasteiger partial charge in [0.1, 0.15) is 0 Å². The second-order valence-electron chi connectivity index (χ2n) is 14.9. The third-order valence-corrected chi connectivity index (χ3v) is 11.1. The molecule has 2 aromatic heterocycles. The van der Waals surface area contributed by atoms with Gasteiger partial charge in [-0.25, -0.2) is 0 Å². The molecule has 3 heteroatoms. The predicted molar refractivity (Wildman–Crippen MR) is 172 cm³/mol. The van der Waals surface area contributed by atoms with Gasteiger partial charge < -0.3 is 9.97 Å². The summed E-state index contributed by atoms with van der Waals surface area (Å²) in [7, 11) is 0. The molecule has 0 atom stereocenters. The second kappa shape index (κ2) is 11.1. The molecule has 2 aliphatic rings. The van der Waals surface area contributed by atoms with Crippen LogP contribution in [0.1, 0.15) is 104 Å². The molecule has 0 saturated heterocycles. The van der Waals surface area contributed by atoms with E-state index < -0.39 is 0 Å². The van der Waals surface area contributed by atoms with Crippen LogP contribution < -0.4 is 0 Å². The molecule has 0 amide bonds. The molecule has 42 heavy (non-hydrogen) atoms. The normalized spacial score (nSPS) is 19.8. The van der Waals surface area contributed by atoms with Gasteiger partial charge in [-0.3, -0.25) is 0 Å². The quantitative estimate of drug-likeness (QED) is 0.192. The molecule has 2 aliphatic carbocycles. The number of benzene rings is 2. The Morgan fingerprint density at radius 2 is 1.24 bits per heavy atom. The summed E-state index contributed by atoms with van der Waals surface area (Å²) in [5, 5.41) is 0. The first-order valence-electron chi connectivity index (χ1n) is 15.1. The Kier molecular flexibility index (Phi) is 8.57. The molecular weight excluding hydrogens is 689 g/mol. The van der Waals surface area contributed by atoms with E-state index in [1.807, 2.05) is 42.5 Å². The summed E-state index contributed by atoms with van der Waals surface area (Å²) in [5.41, 5.74) is 10.8. The average Bonchev–Trinajstić information content (AvgIpc) is 3.06. The van der Waals surface area contributed by atoms with Gasteiger partial charge >= 0.3 is 0 Å². The van der Waals surface area contributed by atoms with E-state index in [0.29, 0.717) is 0 Å². The number of hydrogen-bond acceptors (Lipinski definition) is 2. The fourth-order valence-electron chi connectivity index (χ4n) is 6.80. The van der Waals surface area contributed by atoms with Gasteiger partial charge in [-0.15, -0.1) is 70.8 Å². The third-order valence-electron chi connectivity index (χ3n) is 11.1. The van der Waals surface area contributed by atoms with E-state index in [-0.39, 0.29) is 47.2 Å². The maximum absolute atomic E-state index is 4.94. The summed E-state index contributed by atoms with van der Waals surface area (Å²) in [6.45, 7) is 23.9. The number of fused-ring (bicyclic) bond motifs is 2. The van der Waals surface area contributed by atoms with Crippen molar-refractivity contribution >= 4 is 0 Å². The summed E-state index contributed by atoms with van der Waals surface area (Å²) < 4.78 is 0. The molecule has 4 aromatic rings. The largest absolute Gasteiger partial charge is 0.305 e. The molecule has 0 spiro atoms. The molecule has 0 fully saturated rings. The van der Waals surface area contributed by atoms with Gasteiger partial charge in [0.25, 0.3) is 0 Å². The van der Waals surface area contributed by atoms with Crippen LogP contribution >= 0.6 is 0 Å². The molecular formula is C39H46IrN2-2. The summed E-state index contributed by atoms with van der Waals surface area (Å²) >= 11 is 0. The molecule has 0 saturated carbocycles. The van der Waals surface area contributed by atoms with Gasteiger partial charge in [0.05, 0.1) is 0 Å². The Morgan fingerprint density at radius 1 is 0.595 bits per heavy atom. The minimum absolute atomic E-state index is 0. The molecule has 0 aliphatic heterocycles. The number of hydrogen-bond donors (Lipinski definition) is 0. The van der Waals surface area contributed by atoms with Crippen LogP contribution in [0.2, 0.25) is 0 Å². The summed E-state index contributed by atoms with van der Waals surface area (Å²) in [6.07, 6.45) is 6.37. The number of nitrogens with zero attached hydrogens (tertiary/aromatic N) is 2. The van der Waals surface area contributed by atoms with Crippen molar-refractivity contribution in [2.24, 2.45) is 5.41 Å². The van der Waals surface area contributed by atoms with Gasteiger partial charge in [0.2, 0.25) is 0 Å². The van der Waals surface area contributed by atoms with Crippen LogP contribution in [0.5, 0.6) is 0 Å². The van der Waals surface area contributed by atoms with Crippen molar-refractivity contribution in [3.8, 4) is 22.5 Å². The molecule has 2 aromatic carbocycles. The fraction of sp³-hybridized carbons (Fsp3) is 0.436. The van der Waals surface area contributed by atoms with Crippen molar-refractivity contribution in [2.45, 2.75) is 104 Å². The standard InChI is InChI=1S/C28H38N.C11H8N.Ir/c1-24(2)13-14-25(3,4)22-17-29-23(16-20(22)24)18-11-12-19-21(15-18)27(7,8)28(9,10)26(19,5)6;1-2-6-10(7-3-1)11-8-4-5-9-12-11;/h12,15-17H,13-14H2,1-10H3;1-6,8-9H;/q2*-1;. The molecule has 0 bridgehead atoms. The topological polar surface area (TPSA) is 25.8 Å². The summed E-state index contributed by atoms with van der Waals surface area (Å²) in [5.74, 6) is 0. The van der Waals surface area contributed by atoms with Crippen molar-refractivity contribution < 1.29 is 20.1 Å². The van der Waals surface area contributed by atoms with Crippen LogP contribution in [0.15, 0.2) is 73.1 Å². The third kappa shape index (κ3) is 5.33. The number of rotatable bonds is 2. The molecule has 0 unspecified atom stereocenters. The van der Waals surface area contributed by atoms with Gasteiger partial charge in [-0.2, -0.15) is 0 Å². The van der Waals surface area contributed by atoms with E-state index >= 15 is 0 Å². The number of pyridine rings is 2. The minimum Gasteiger partial charge on any atom is -0.305 e. The average molecular weight is 735 g/mol. The van der Waals surface area contributed by atoms with Gasteiger partial charge in [-0.1, -0.05) is 87.4 Å². The SMILES string of the molecule is CC1(C)CCC(C)(C)c2cc(-c3[c-]cc4c(c3)C(C)(C)C(C)(C)C4(C)C)ncc21.[Ir].[c-]1ccccc1-c1ccccn1. The molecule has 2 heterocycles. The Balaban J connectivity index is 0.000000261. The molecule has 1 radical (unpaired) electrons. The van der Waals surface area contributed by atoms with Crippen molar-refractivity contribution in [3.63, 3.8) is 0 Å². The first kappa shape index (κ1) is 32.3. The zero-order chi connectivity index (χ0) is 29.8. The molecule has 223 valence electrons. The van der Waals surface area contributed by atoms with Crippen molar-refractivity contribution in [1.82, 2.24) is 9.97 Å². The fourth-order valence-corrected chi connectivity index (χ4v) is 6.80. The van der Waals surface area contributed by atoms with Crippen LogP contribution in [0, 0.1) is 17.5 Å². The van der Waals surface area contributed by atoms with Crippen molar-refractivity contribution in [3.05, 3.63) is 107 Å². The van der Waals surface area contributed by atoms with Gasteiger partial charge in [0.15, 0.2) is 0 Å². The molecule has 0 N–H and O–H groups in total. The maximum atomic E-state index is 4.94. The zero-order valence-corrected chi connectivity index (χ0v) is 29.5. The van der Waals surface area contributed by atoms with E-state index in [1.54, 1.807) is 6.20 Å². The Hall–Kier alpha value is -2.61. The van der Waals surface area contributed by atoms with Crippen LogP contribution in [-0.4, -0.2) is 9.97 Å². The van der Waals surface area contributed by atoms with Gasteiger partial charge in [0, 0.05) is 32.5 Å². The monoisotopic (exact) mass is 735 g/mol. The Morgan fingerprint density at radius 3 is 1.86 bits per heavy atom. The second-order valence-corrected chi connectivity index (χ2v) is 14.9. The first-order chi connectivity index (χ1) is 19.1. The van der Waals surface area contributed by atoms with Crippen molar-refractivity contribution in [2.75, 3.05) is 0 Å². The predicted octanol–water partition coefficient (Wildman–Crippen LogP) is 10.0.